The fourth-order valence-electron chi connectivity index (χ4n) is 14.1. The Balaban J connectivity index is 0.985. The summed E-state index contributed by atoms with van der Waals surface area (Å²) in [6, 6.07) is 83.1. The molecule has 74 heavy (non-hydrogen) atoms. The highest BCUT2D eigenvalue weighted by Gasteiger charge is 2.52. The summed E-state index contributed by atoms with van der Waals surface area (Å²) in [5.41, 5.74) is 23.7. The van der Waals surface area contributed by atoms with Crippen LogP contribution in [0.2, 0.25) is 0 Å². The van der Waals surface area contributed by atoms with E-state index in [9.17, 15) is 0 Å². The van der Waals surface area contributed by atoms with Crippen molar-refractivity contribution in [2.45, 2.75) is 24.7 Å². The van der Waals surface area contributed by atoms with Gasteiger partial charge >= 0.3 is 0 Å². The predicted octanol–water partition coefficient (Wildman–Crippen LogP) is 19.6. The number of nitrogens with zero attached hydrogens (tertiary/aromatic N) is 1. The molecule has 0 bridgehead atoms. The summed E-state index contributed by atoms with van der Waals surface area (Å²) >= 11 is 1.86. The van der Waals surface area contributed by atoms with Gasteiger partial charge in [-0.15, -0.1) is 11.3 Å². The molecule has 11 aromatic carbocycles. The van der Waals surface area contributed by atoms with Gasteiger partial charge in [-0.3, -0.25) is 0 Å². The van der Waals surface area contributed by atoms with Gasteiger partial charge < -0.3 is 13.7 Å². The molecule has 3 aliphatic carbocycles. The normalized spacial score (nSPS) is 14.3. The molecule has 3 nitrogen and oxygen atoms in total. The third-order valence-corrected chi connectivity index (χ3v) is 18.3. The molecule has 17 rings (SSSR count). The third kappa shape index (κ3) is 5.01. The summed E-state index contributed by atoms with van der Waals surface area (Å²) in [5.74, 6) is 0. The molecule has 346 valence electrons. The van der Waals surface area contributed by atoms with Gasteiger partial charge in [0.25, 0.3) is 0 Å². The van der Waals surface area contributed by atoms with Crippen LogP contribution < -0.4 is 4.90 Å². The van der Waals surface area contributed by atoms with E-state index in [4.69, 9.17) is 8.83 Å². The SMILES string of the molecule is CC1(C)c2ccccc2-c2ccc(N(c3cccc4c3sc3ccccc34)c3cccc4oc5c(-c6cccc7c6-c6ccccc6C76c7ccccc7-c7ccccc76)c6c(cc5c34)oc3ccccc36)cc21. The van der Waals surface area contributed by atoms with Gasteiger partial charge in [-0.25, -0.2) is 0 Å². The summed E-state index contributed by atoms with van der Waals surface area (Å²) < 4.78 is 17.1. The molecule has 0 amide bonds. The molecule has 14 aromatic rings. The van der Waals surface area contributed by atoms with Crippen molar-refractivity contribution >= 4 is 92.4 Å². The number of hydrogen-bond acceptors (Lipinski definition) is 4. The van der Waals surface area contributed by atoms with E-state index in [1.165, 1.54) is 86.9 Å². The van der Waals surface area contributed by atoms with Gasteiger partial charge in [-0.05, 0) is 121 Å². The van der Waals surface area contributed by atoms with E-state index < -0.39 is 5.41 Å². The van der Waals surface area contributed by atoms with Crippen LogP contribution in [0.3, 0.4) is 0 Å². The van der Waals surface area contributed by atoms with Crippen molar-refractivity contribution in [1.29, 1.82) is 0 Å². The van der Waals surface area contributed by atoms with Crippen molar-refractivity contribution < 1.29 is 8.83 Å². The smallest absolute Gasteiger partial charge is 0.144 e. The molecule has 0 saturated heterocycles. The van der Waals surface area contributed by atoms with Crippen molar-refractivity contribution in [1.82, 2.24) is 0 Å². The van der Waals surface area contributed by atoms with Crippen LogP contribution in [-0.4, -0.2) is 0 Å². The first-order chi connectivity index (χ1) is 36.5. The van der Waals surface area contributed by atoms with E-state index in [-0.39, 0.29) is 5.41 Å². The van der Waals surface area contributed by atoms with E-state index >= 15 is 0 Å². The number of benzene rings is 11. The number of thiophene rings is 1. The first kappa shape index (κ1) is 40.6. The van der Waals surface area contributed by atoms with Crippen molar-refractivity contribution in [3.8, 4) is 44.5 Å². The first-order valence-electron chi connectivity index (χ1n) is 25.7. The lowest BCUT2D eigenvalue weighted by Gasteiger charge is -2.30. The van der Waals surface area contributed by atoms with Gasteiger partial charge in [0, 0.05) is 48.3 Å². The minimum atomic E-state index is -0.498. The van der Waals surface area contributed by atoms with Crippen LogP contribution in [0, 0.1) is 0 Å². The molecule has 0 saturated carbocycles. The fraction of sp³-hybridized carbons (Fsp3) is 0.0571. The molecule has 3 aliphatic rings. The molecule has 0 aliphatic heterocycles. The quantitative estimate of drug-likeness (QED) is 0.176. The molecule has 0 unspecified atom stereocenters. The number of fused-ring (bicyclic) bond motifs is 22. The van der Waals surface area contributed by atoms with Crippen LogP contribution in [0.25, 0.3) is 109 Å². The van der Waals surface area contributed by atoms with Crippen LogP contribution >= 0.6 is 11.3 Å². The van der Waals surface area contributed by atoms with E-state index in [2.05, 4.69) is 243 Å². The average molecular weight is 962 g/mol. The molecule has 1 spiro atoms. The summed E-state index contributed by atoms with van der Waals surface area (Å²) in [6.07, 6.45) is 0. The maximum atomic E-state index is 7.52. The van der Waals surface area contributed by atoms with Crippen LogP contribution in [-0.2, 0) is 10.8 Å². The highest BCUT2D eigenvalue weighted by molar-refractivity contribution is 7.26. The number of rotatable bonds is 4. The minimum Gasteiger partial charge on any atom is -0.456 e. The second-order valence-electron chi connectivity index (χ2n) is 21.0. The van der Waals surface area contributed by atoms with Gasteiger partial charge in [0.05, 0.1) is 26.9 Å². The minimum absolute atomic E-state index is 0.191. The highest BCUT2D eigenvalue weighted by Crippen LogP contribution is 2.65. The molecule has 0 fully saturated rings. The zero-order valence-corrected chi connectivity index (χ0v) is 41.4. The predicted molar refractivity (Wildman–Crippen MR) is 308 cm³/mol. The summed E-state index contributed by atoms with van der Waals surface area (Å²) in [6.45, 7) is 4.74. The first-order valence-corrected chi connectivity index (χ1v) is 26.5. The zero-order chi connectivity index (χ0) is 48.6. The largest absolute Gasteiger partial charge is 0.456 e. The van der Waals surface area contributed by atoms with Crippen molar-refractivity contribution in [2.75, 3.05) is 4.90 Å². The van der Waals surface area contributed by atoms with Gasteiger partial charge in [0.2, 0.25) is 0 Å². The van der Waals surface area contributed by atoms with Crippen molar-refractivity contribution in [3.63, 3.8) is 0 Å². The standard InChI is InChI=1S/C70H43NO2S/c1-69(2)51-26-9-3-18-41(51)44-37-36-40(38-56(44)69)71(58-32-16-24-46-45-21-8-14-35-62(45)74-68(46)58)57-31-17-34-60-64(57)50-39-61-65(48-23-7-13-33-59(48)72-61)66(67(50)73-60)49-25-15-30-55-63(49)47-22-6-12-29-54(47)70(55)52-27-10-4-19-42(52)43-20-5-11-28-53(43)70/h3-39H,1-2H3. The van der Waals surface area contributed by atoms with E-state index in [1.807, 2.05) is 11.3 Å². The number of furan rings is 2. The molecule has 3 heterocycles. The molecule has 0 radical (unpaired) electrons. The highest BCUT2D eigenvalue weighted by atomic mass is 32.1. The Labute approximate surface area is 430 Å². The van der Waals surface area contributed by atoms with Crippen molar-refractivity contribution in [3.05, 3.63) is 258 Å². The molecule has 0 N–H and O–H groups in total. The Kier molecular flexibility index (Phi) is 7.89. The van der Waals surface area contributed by atoms with Gasteiger partial charge in [-0.1, -0.05) is 190 Å². The Morgan fingerprint density at radius 2 is 0.932 bits per heavy atom. The van der Waals surface area contributed by atoms with Crippen LogP contribution in [0.1, 0.15) is 47.2 Å². The average Bonchev–Trinajstić information content (AvgIpc) is 4.29. The maximum Gasteiger partial charge on any atom is 0.144 e. The second-order valence-corrected chi connectivity index (χ2v) is 22.0. The Morgan fingerprint density at radius 1 is 0.365 bits per heavy atom. The van der Waals surface area contributed by atoms with Crippen molar-refractivity contribution in [2.24, 2.45) is 0 Å². The topological polar surface area (TPSA) is 29.5 Å². The van der Waals surface area contributed by atoms with Gasteiger partial charge in [0.15, 0.2) is 0 Å². The summed E-state index contributed by atoms with van der Waals surface area (Å²) in [7, 11) is 0. The maximum absolute atomic E-state index is 7.52. The molecule has 0 atom stereocenters. The molecule has 3 aromatic heterocycles. The Bertz CT molecular complexity index is 4740. The molecular formula is C70H43NO2S. The Hall–Kier alpha value is -8.96. The monoisotopic (exact) mass is 961 g/mol. The lowest BCUT2D eigenvalue weighted by Crippen LogP contribution is -2.25. The molecule has 4 heteroatoms. The van der Waals surface area contributed by atoms with Crippen LogP contribution in [0.4, 0.5) is 17.1 Å². The van der Waals surface area contributed by atoms with Crippen LogP contribution in [0.15, 0.2) is 233 Å². The van der Waals surface area contributed by atoms with E-state index in [1.54, 1.807) is 0 Å². The molecular weight excluding hydrogens is 919 g/mol. The fourth-order valence-corrected chi connectivity index (χ4v) is 15.3. The number of anilines is 3. The summed E-state index contributed by atoms with van der Waals surface area (Å²) in [4.78, 5) is 2.51. The van der Waals surface area contributed by atoms with E-state index in [0.717, 1.165) is 72.1 Å². The van der Waals surface area contributed by atoms with Gasteiger partial charge in [0.1, 0.15) is 22.3 Å². The summed E-state index contributed by atoms with van der Waals surface area (Å²) in [5, 5.41) is 6.69. The third-order valence-electron chi connectivity index (χ3n) is 17.1. The second kappa shape index (κ2) is 14.4. The number of hydrogen-bond donors (Lipinski definition) is 0. The van der Waals surface area contributed by atoms with Crippen LogP contribution in [0.5, 0.6) is 0 Å². The lowest BCUT2D eigenvalue weighted by molar-refractivity contribution is 0.660. The van der Waals surface area contributed by atoms with E-state index in [0.29, 0.717) is 0 Å². The Morgan fingerprint density at radius 3 is 1.73 bits per heavy atom. The zero-order valence-electron chi connectivity index (χ0n) is 40.5. The number of para-hydroxylation sites is 1. The van der Waals surface area contributed by atoms with Gasteiger partial charge in [-0.2, -0.15) is 0 Å². The lowest BCUT2D eigenvalue weighted by atomic mass is 9.70.